The Bertz CT molecular complexity index is 1850. The number of aliphatic hydroxyl groups is 2. The molecule has 1 aromatic heterocycles. The molecule has 4 bridgehead atoms. The van der Waals surface area contributed by atoms with E-state index in [0.717, 1.165) is 57.9 Å². The van der Waals surface area contributed by atoms with Crippen molar-refractivity contribution in [1.29, 1.82) is 0 Å². The molecule has 9 heteroatoms. The van der Waals surface area contributed by atoms with Gasteiger partial charge in [-0.1, -0.05) is 24.3 Å². The zero-order chi connectivity index (χ0) is 31.8. The van der Waals surface area contributed by atoms with Gasteiger partial charge in [0.15, 0.2) is 35.2 Å². The fraction of sp³-hybridized carbons (Fsp3) is 0.474. The SMILES string of the molecule is C=CCN1CC[C@]23c4c5ccc(O)c4O[C@H]2c2[nH]c4c(c2C[C@@]3(O)[C@H]1C5)C[C@@]1(O)[C@H]2Cc3ccc(O)c5c3[C@@]1(CCN2CC=C)[C@H]4O5. The Morgan fingerprint density at radius 2 is 1.19 bits per heavy atom. The molecular weight excluding hydrogens is 594 g/mol. The van der Waals surface area contributed by atoms with Crippen molar-refractivity contribution in [2.45, 2.75) is 84.8 Å². The van der Waals surface area contributed by atoms with Gasteiger partial charge in [0.2, 0.25) is 0 Å². The predicted octanol–water partition coefficient (Wildman–Crippen LogP) is 3.38. The van der Waals surface area contributed by atoms with Crippen molar-refractivity contribution >= 4 is 0 Å². The standard InChI is InChI=1S/C38H39N3O6/c1-3-11-40-13-9-35-27-19-5-7-23(42)31(27)46-33(35)29-21(17-37(35,44)25(40)15-19)22-18-38(45)26-16-20-6-8-24(43)32-28(20)36(38,10-14-41(26)12-4-2)34(47-32)30(22)39-29/h3-8,25-26,33-34,39,42-45H,1-2,9-18H2/t25-,26-,33+,34+,35+,36+,37-,38-/m1/s1. The van der Waals surface area contributed by atoms with Crippen LogP contribution in [0.1, 0.15) is 69.8 Å². The van der Waals surface area contributed by atoms with E-state index in [1.165, 1.54) is 0 Å². The second-order valence-corrected chi connectivity index (χ2v) is 15.5. The van der Waals surface area contributed by atoms with Gasteiger partial charge >= 0.3 is 0 Å². The lowest BCUT2D eigenvalue weighted by molar-refractivity contribution is -0.173. The van der Waals surface area contributed by atoms with Crippen molar-refractivity contribution < 1.29 is 29.9 Å². The van der Waals surface area contributed by atoms with E-state index >= 15 is 0 Å². The van der Waals surface area contributed by atoms with Gasteiger partial charge in [0, 0.05) is 62.2 Å². The van der Waals surface area contributed by atoms with E-state index in [9.17, 15) is 20.4 Å². The fourth-order valence-electron chi connectivity index (χ4n) is 12.4. The summed E-state index contributed by atoms with van der Waals surface area (Å²) in [5, 5.41) is 48.9. The number of phenols is 2. The summed E-state index contributed by atoms with van der Waals surface area (Å²) in [6.07, 6.45) is 6.25. The van der Waals surface area contributed by atoms with Gasteiger partial charge in [-0.2, -0.15) is 0 Å². The zero-order valence-corrected chi connectivity index (χ0v) is 26.3. The number of aromatic hydroxyl groups is 2. The second kappa shape index (κ2) is 8.26. The van der Waals surface area contributed by atoms with Gasteiger partial charge in [0.25, 0.3) is 0 Å². The number of phenolic OH excluding ortho intramolecular Hbond substituents is 2. The van der Waals surface area contributed by atoms with Gasteiger partial charge in [0.1, 0.15) is 0 Å². The fourth-order valence-corrected chi connectivity index (χ4v) is 12.4. The van der Waals surface area contributed by atoms with E-state index in [-0.39, 0.29) is 23.6 Å². The van der Waals surface area contributed by atoms with E-state index in [0.29, 0.717) is 63.1 Å². The van der Waals surface area contributed by atoms with Crippen LogP contribution in [0.25, 0.3) is 0 Å². The first-order valence-electron chi connectivity index (χ1n) is 17.1. The molecule has 3 aromatic rings. The molecule has 242 valence electrons. The molecule has 11 rings (SSSR count). The summed E-state index contributed by atoms with van der Waals surface area (Å²) < 4.78 is 13.7. The van der Waals surface area contributed by atoms with Crippen molar-refractivity contribution in [3.8, 4) is 23.0 Å². The summed E-state index contributed by atoms with van der Waals surface area (Å²) in [6.45, 7) is 11.0. The molecule has 0 radical (unpaired) electrons. The van der Waals surface area contributed by atoms with Crippen LogP contribution in [0.3, 0.4) is 0 Å². The first-order chi connectivity index (χ1) is 22.7. The molecule has 2 fully saturated rings. The largest absolute Gasteiger partial charge is 0.504 e. The number of rotatable bonds is 4. The minimum absolute atomic E-state index is 0.104. The molecule has 47 heavy (non-hydrogen) atoms. The van der Waals surface area contributed by atoms with Crippen molar-refractivity contribution in [2.24, 2.45) is 0 Å². The molecular formula is C38H39N3O6. The van der Waals surface area contributed by atoms with Crippen LogP contribution in [0.2, 0.25) is 0 Å². The van der Waals surface area contributed by atoms with Crippen LogP contribution in [0.5, 0.6) is 23.0 Å². The smallest absolute Gasteiger partial charge is 0.166 e. The highest BCUT2D eigenvalue weighted by atomic mass is 16.5. The Hall–Kier alpha value is -3.76. The van der Waals surface area contributed by atoms with Crippen molar-refractivity contribution in [3.05, 3.63) is 94.3 Å². The maximum atomic E-state index is 13.3. The maximum absolute atomic E-state index is 13.3. The third-order valence-corrected chi connectivity index (χ3v) is 14.1. The van der Waals surface area contributed by atoms with Crippen LogP contribution >= 0.6 is 0 Å². The van der Waals surface area contributed by atoms with E-state index in [1.54, 1.807) is 12.1 Å². The van der Waals surface area contributed by atoms with Crippen LogP contribution in [0.15, 0.2) is 49.6 Å². The molecule has 2 saturated heterocycles. The minimum atomic E-state index is -1.17. The third kappa shape index (κ3) is 2.66. The number of nitrogens with zero attached hydrogens (tertiary/aromatic N) is 2. The number of aromatic nitrogens is 1. The van der Waals surface area contributed by atoms with Gasteiger partial charge in [-0.15, -0.1) is 13.2 Å². The summed E-state index contributed by atoms with van der Waals surface area (Å²) in [5.74, 6) is 1.19. The third-order valence-electron chi connectivity index (χ3n) is 14.1. The summed E-state index contributed by atoms with van der Waals surface area (Å²) in [4.78, 5) is 8.56. The maximum Gasteiger partial charge on any atom is 0.166 e. The molecule has 9 nitrogen and oxygen atoms in total. The number of fused-ring (bicyclic) bond motifs is 5. The van der Waals surface area contributed by atoms with E-state index in [1.807, 2.05) is 24.3 Å². The molecule has 5 heterocycles. The second-order valence-electron chi connectivity index (χ2n) is 15.5. The predicted molar refractivity (Wildman–Crippen MR) is 172 cm³/mol. The highest BCUT2D eigenvalue weighted by Gasteiger charge is 2.76. The van der Waals surface area contributed by atoms with Crippen LogP contribution in [0.4, 0.5) is 0 Å². The highest BCUT2D eigenvalue weighted by molar-refractivity contribution is 5.68. The van der Waals surface area contributed by atoms with E-state index in [4.69, 9.17) is 9.47 Å². The molecule has 2 aromatic carbocycles. The van der Waals surface area contributed by atoms with Gasteiger partial charge in [0.05, 0.1) is 33.4 Å². The van der Waals surface area contributed by atoms with Crippen LogP contribution in [-0.4, -0.2) is 84.7 Å². The number of benzene rings is 2. The first-order valence-corrected chi connectivity index (χ1v) is 17.1. The number of nitrogens with one attached hydrogen (secondary N) is 1. The summed E-state index contributed by atoms with van der Waals surface area (Å²) >= 11 is 0. The lowest BCUT2D eigenvalue weighted by atomic mass is 9.47. The number of ether oxygens (including phenoxy) is 2. The Morgan fingerprint density at radius 1 is 0.745 bits per heavy atom. The van der Waals surface area contributed by atoms with Crippen LogP contribution in [-0.2, 0) is 36.5 Å². The van der Waals surface area contributed by atoms with Gasteiger partial charge in [-0.05, 0) is 60.1 Å². The van der Waals surface area contributed by atoms with Crippen LogP contribution < -0.4 is 9.47 Å². The number of aromatic amines is 1. The lowest BCUT2D eigenvalue weighted by Crippen LogP contribution is -2.75. The molecule has 4 aliphatic carbocycles. The molecule has 0 amide bonds. The zero-order valence-electron chi connectivity index (χ0n) is 26.3. The number of likely N-dealkylation sites (tertiary alicyclic amines) is 2. The lowest BCUT2D eigenvalue weighted by Gasteiger charge is -2.63. The summed E-state index contributed by atoms with van der Waals surface area (Å²) in [7, 11) is 0. The number of piperidine rings is 2. The number of hydrogen-bond acceptors (Lipinski definition) is 8. The number of H-pyrrole nitrogens is 1. The normalized spacial score (nSPS) is 39.2. The van der Waals surface area contributed by atoms with E-state index < -0.39 is 34.2 Å². The molecule has 0 saturated carbocycles. The van der Waals surface area contributed by atoms with Gasteiger partial charge in [-0.3, -0.25) is 9.80 Å². The monoisotopic (exact) mass is 633 g/mol. The molecule has 8 atom stereocenters. The molecule has 2 spiro atoms. The first kappa shape index (κ1) is 27.2. The molecule has 8 aliphatic rings. The Labute approximate surface area is 272 Å². The topological polar surface area (TPSA) is 122 Å². The molecule has 5 N–H and O–H groups in total. The quantitative estimate of drug-likeness (QED) is 0.278. The van der Waals surface area contributed by atoms with Gasteiger partial charge < -0.3 is 34.9 Å². The Balaban J connectivity index is 1.16. The Morgan fingerprint density at radius 3 is 1.62 bits per heavy atom. The van der Waals surface area contributed by atoms with Crippen molar-refractivity contribution in [1.82, 2.24) is 14.8 Å². The average molecular weight is 634 g/mol. The summed E-state index contributed by atoms with van der Waals surface area (Å²) in [6, 6.07) is 7.13. The molecule has 0 unspecified atom stereocenters. The highest BCUT2D eigenvalue weighted by Crippen LogP contribution is 2.72. The summed E-state index contributed by atoms with van der Waals surface area (Å²) in [5.41, 5.74) is 4.17. The van der Waals surface area contributed by atoms with Crippen molar-refractivity contribution in [3.63, 3.8) is 0 Å². The Kier molecular flexibility index (Phi) is 4.79. The minimum Gasteiger partial charge on any atom is -0.504 e. The molecule has 4 aliphatic heterocycles. The number of hydrogen-bond donors (Lipinski definition) is 5. The van der Waals surface area contributed by atoms with E-state index in [2.05, 4.69) is 27.9 Å². The average Bonchev–Trinajstić information content (AvgIpc) is 3.69. The van der Waals surface area contributed by atoms with Gasteiger partial charge in [-0.25, -0.2) is 0 Å². The van der Waals surface area contributed by atoms with Crippen LogP contribution in [0, 0.1) is 0 Å². The van der Waals surface area contributed by atoms with Crippen molar-refractivity contribution in [2.75, 3.05) is 26.2 Å².